The fourth-order valence-electron chi connectivity index (χ4n) is 3.28. The van der Waals surface area contributed by atoms with Crippen molar-refractivity contribution < 1.29 is 14.5 Å². The molecule has 0 saturated carbocycles. The number of carbonyl (C=O) groups is 2. The zero-order valence-electron chi connectivity index (χ0n) is 18.6. The van der Waals surface area contributed by atoms with Crippen LogP contribution in [-0.2, 0) is 9.59 Å². The lowest BCUT2D eigenvalue weighted by Crippen LogP contribution is -3.14. The maximum Gasteiger partial charge on any atom is 0.282 e. The predicted octanol–water partition coefficient (Wildman–Crippen LogP) is 3.22. The van der Waals surface area contributed by atoms with Crippen molar-refractivity contribution in [2.75, 3.05) is 24.2 Å². The third kappa shape index (κ3) is 5.67. The van der Waals surface area contributed by atoms with Crippen LogP contribution in [0.3, 0.4) is 0 Å². The van der Waals surface area contributed by atoms with Crippen molar-refractivity contribution in [2.45, 2.75) is 53.5 Å². The van der Waals surface area contributed by atoms with Crippen LogP contribution >= 0.6 is 0 Å². The van der Waals surface area contributed by atoms with Crippen molar-refractivity contribution in [1.29, 1.82) is 0 Å². The molecule has 1 unspecified atom stereocenters. The summed E-state index contributed by atoms with van der Waals surface area (Å²) < 4.78 is 0. The average Bonchev–Trinajstić information content (AvgIpc) is 2.66. The number of quaternary nitrogens is 1. The highest BCUT2D eigenvalue weighted by molar-refractivity contribution is 5.96. The Bertz CT molecular complexity index is 890. The maximum absolute atomic E-state index is 12.9. The third-order valence-electron chi connectivity index (χ3n) is 5.63. The van der Waals surface area contributed by atoms with Gasteiger partial charge in [0, 0.05) is 11.4 Å². The lowest BCUT2D eigenvalue weighted by molar-refractivity contribution is -0.885. The lowest BCUT2D eigenvalue weighted by atomic mass is 9.98. The molecule has 156 valence electrons. The Kier molecular flexibility index (Phi) is 7.57. The van der Waals surface area contributed by atoms with Gasteiger partial charge in [-0.1, -0.05) is 44.2 Å². The molecule has 2 rings (SSSR count). The molecule has 5 nitrogen and oxygen atoms in total. The number of benzene rings is 2. The average molecular weight is 397 g/mol. The maximum atomic E-state index is 12.9. The van der Waals surface area contributed by atoms with Gasteiger partial charge in [0.1, 0.15) is 0 Å². The van der Waals surface area contributed by atoms with E-state index in [-0.39, 0.29) is 24.4 Å². The second-order valence-corrected chi connectivity index (χ2v) is 8.22. The number of rotatable bonds is 7. The van der Waals surface area contributed by atoms with E-state index in [4.69, 9.17) is 0 Å². The summed E-state index contributed by atoms with van der Waals surface area (Å²) in [5, 5.41) is 6.06. The fraction of sp³-hybridized carbons (Fsp3) is 0.417. The molecule has 0 aromatic heterocycles. The van der Waals surface area contributed by atoms with E-state index in [1.807, 2.05) is 71.1 Å². The van der Waals surface area contributed by atoms with Gasteiger partial charge in [-0.3, -0.25) is 9.59 Å². The van der Waals surface area contributed by atoms with Gasteiger partial charge in [0.15, 0.2) is 12.6 Å². The van der Waals surface area contributed by atoms with E-state index in [1.165, 1.54) is 0 Å². The molecule has 2 aromatic carbocycles. The van der Waals surface area contributed by atoms with Gasteiger partial charge in [-0.25, -0.2) is 0 Å². The molecule has 29 heavy (non-hydrogen) atoms. The van der Waals surface area contributed by atoms with Crippen molar-refractivity contribution >= 4 is 23.2 Å². The summed E-state index contributed by atoms with van der Waals surface area (Å²) in [6.07, 6.45) is 0. The first kappa shape index (κ1) is 22.6. The number of hydrogen-bond acceptors (Lipinski definition) is 2. The summed E-state index contributed by atoms with van der Waals surface area (Å²) in [5.74, 6) is 0.127. The van der Waals surface area contributed by atoms with Gasteiger partial charge in [-0.15, -0.1) is 0 Å². The molecular formula is C24H34N3O2+. The van der Waals surface area contributed by atoms with Crippen LogP contribution < -0.4 is 15.5 Å². The van der Waals surface area contributed by atoms with Gasteiger partial charge in [-0.05, 0) is 61.9 Å². The van der Waals surface area contributed by atoms with Crippen LogP contribution in [-0.4, -0.2) is 31.4 Å². The number of nitrogens with one attached hydrogen (secondary N) is 3. The highest BCUT2D eigenvalue weighted by Gasteiger charge is 2.25. The van der Waals surface area contributed by atoms with Crippen LogP contribution in [0.2, 0.25) is 0 Å². The number of anilines is 2. The standard InChI is InChI=1S/C24H33N3O2/c1-15(2)20-12-8-11-17(4)23(20)26-24(29)19(6)27(7)14-22(28)25-21-13-9-10-16(3)18(21)5/h8-13,15,19H,14H2,1-7H3,(H,25,28)(H,26,29)/p+1/t19-/m0/s1. The molecule has 3 N–H and O–H groups in total. The van der Waals surface area contributed by atoms with E-state index in [2.05, 4.69) is 24.5 Å². The van der Waals surface area contributed by atoms with Crippen molar-refractivity contribution in [3.8, 4) is 0 Å². The van der Waals surface area contributed by atoms with Crippen LogP contribution in [0.5, 0.6) is 0 Å². The fourth-order valence-corrected chi connectivity index (χ4v) is 3.28. The molecule has 0 radical (unpaired) electrons. The summed E-state index contributed by atoms with van der Waals surface area (Å²) in [4.78, 5) is 26.2. The Morgan fingerprint density at radius 2 is 1.55 bits per heavy atom. The lowest BCUT2D eigenvalue weighted by Gasteiger charge is -2.23. The SMILES string of the molecule is Cc1cccc(NC(=O)C[NH+](C)[C@@H](C)C(=O)Nc2c(C)cccc2C(C)C)c1C. The summed E-state index contributed by atoms with van der Waals surface area (Å²) in [5.41, 5.74) is 6.06. The monoisotopic (exact) mass is 396 g/mol. The van der Waals surface area contributed by atoms with Crippen LogP contribution in [0.1, 0.15) is 48.9 Å². The summed E-state index contributed by atoms with van der Waals surface area (Å²) >= 11 is 0. The highest BCUT2D eigenvalue weighted by atomic mass is 16.2. The molecule has 0 saturated heterocycles. The first-order valence-electron chi connectivity index (χ1n) is 10.2. The number of carbonyl (C=O) groups excluding carboxylic acids is 2. The highest BCUT2D eigenvalue weighted by Crippen LogP contribution is 2.27. The minimum absolute atomic E-state index is 0.0850. The summed E-state index contributed by atoms with van der Waals surface area (Å²) in [6.45, 7) is 12.3. The Morgan fingerprint density at radius 3 is 2.21 bits per heavy atom. The molecule has 0 bridgehead atoms. The number of hydrogen-bond donors (Lipinski definition) is 3. The van der Waals surface area contributed by atoms with E-state index >= 15 is 0 Å². The van der Waals surface area contributed by atoms with Gasteiger partial charge in [0.25, 0.3) is 11.8 Å². The number of para-hydroxylation sites is 1. The van der Waals surface area contributed by atoms with Gasteiger partial charge >= 0.3 is 0 Å². The molecule has 5 heteroatoms. The van der Waals surface area contributed by atoms with Crippen LogP contribution in [0, 0.1) is 20.8 Å². The first-order chi connectivity index (χ1) is 13.6. The second kappa shape index (κ2) is 9.70. The predicted molar refractivity (Wildman–Crippen MR) is 120 cm³/mol. The van der Waals surface area contributed by atoms with Crippen molar-refractivity contribution in [1.82, 2.24) is 0 Å². The quantitative estimate of drug-likeness (QED) is 0.673. The number of amides is 2. The zero-order chi connectivity index (χ0) is 21.7. The summed E-state index contributed by atoms with van der Waals surface area (Å²) in [6, 6.07) is 11.5. The Balaban J connectivity index is 2.03. The smallest absolute Gasteiger partial charge is 0.282 e. The zero-order valence-corrected chi connectivity index (χ0v) is 18.6. The molecular weight excluding hydrogens is 362 g/mol. The minimum Gasteiger partial charge on any atom is -0.321 e. The van der Waals surface area contributed by atoms with Crippen molar-refractivity contribution in [3.05, 3.63) is 58.7 Å². The molecule has 2 aromatic rings. The van der Waals surface area contributed by atoms with E-state index in [9.17, 15) is 9.59 Å². The molecule has 2 amide bonds. The number of likely N-dealkylation sites (N-methyl/N-ethyl adjacent to an activating group) is 1. The second-order valence-electron chi connectivity index (χ2n) is 8.22. The molecule has 0 spiro atoms. The topological polar surface area (TPSA) is 62.6 Å². The van der Waals surface area contributed by atoms with Crippen LogP contribution in [0.15, 0.2) is 36.4 Å². The van der Waals surface area contributed by atoms with Crippen LogP contribution in [0.4, 0.5) is 11.4 Å². The van der Waals surface area contributed by atoms with Crippen molar-refractivity contribution in [3.63, 3.8) is 0 Å². The molecule has 0 heterocycles. The Morgan fingerprint density at radius 1 is 0.931 bits per heavy atom. The van der Waals surface area contributed by atoms with Crippen molar-refractivity contribution in [2.24, 2.45) is 0 Å². The molecule has 0 aliphatic rings. The van der Waals surface area contributed by atoms with Gasteiger partial charge in [0.05, 0.1) is 7.05 Å². The molecule has 0 fully saturated rings. The van der Waals surface area contributed by atoms with E-state index in [0.29, 0.717) is 5.92 Å². The Hall–Kier alpha value is -2.66. The molecule has 0 aliphatic heterocycles. The normalized spacial score (nSPS) is 13.1. The van der Waals surface area contributed by atoms with Crippen LogP contribution in [0.25, 0.3) is 0 Å². The van der Waals surface area contributed by atoms with Gasteiger partial charge in [-0.2, -0.15) is 0 Å². The van der Waals surface area contributed by atoms with E-state index in [0.717, 1.165) is 38.5 Å². The van der Waals surface area contributed by atoms with E-state index in [1.54, 1.807) is 0 Å². The first-order valence-corrected chi connectivity index (χ1v) is 10.2. The summed E-state index contributed by atoms with van der Waals surface area (Å²) in [7, 11) is 1.87. The van der Waals surface area contributed by atoms with Gasteiger partial charge < -0.3 is 15.5 Å². The molecule has 2 atom stereocenters. The van der Waals surface area contributed by atoms with Gasteiger partial charge in [0.2, 0.25) is 0 Å². The largest absolute Gasteiger partial charge is 0.321 e. The number of aryl methyl sites for hydroxylation is 2. The third-order valence-corrected chi connectivity index (χ3v) is 5.63. The van der Waals surface area contributed by atoms with E-state index < -0.39 is 0 Å². The Labute approximate surface area is 174 Å². The molecule has 0 aliphatic carbocycles. The minimum atomic E-state index is -0.362.